The van der Waals surface area contributed by atoms with Crippen molar-refractivity contribution in [2.24, 2.45) is 0 Å². The number of halogens is 1. The molecular formula is C25H22FN5O2. The number of nitrogens with zero attached hydrogens (tertiary/aromatic N) is 3. The largest absolute Gasteiger partial charge is 0.421 e. The van der Waals surface area contributed by atoms with E-state index >= 15 is 0 Å². The van der Waals surface area contributed by atoms with Gasteiger partial charge in [0.15, 0.2) is 5.52 Å². The van der Waals surface area contributed by atoms with Gasteiger partial charge in [0.25, 0.3) is 0 Å². The van der Waals surface area contributed by atoms with Gasteiger partial charge in [0.2, 0.25) is 0 Å². The lowest BCUT2D eigenvalue weighted by Crippen LogP contribution is -2.42. The minimum Gasteiger partial charge on any atom is -0.421 e. The van der Waals surface area contributed by atoms with Crippen LogP contribution in [-0.2, 0) is 6.54 Å². The van der Waals surface area contributed by atoms with Crippen molar-refractivity contribution in [2.75, 3.05) is 18.0 Å². The van der Waals surface area contributed by atoms with Crippen LogP contribution in [0.4, 0.5) is 10.2 Å². The zero-order valence-corrected chi connectivity index (χ0v) is 17.8. The van der Waals surface area contributed by atoms with Crippen LogP contribution in [0.1, 0.15) is 18.7 Å². The Morgan fingerprint density at radius 2 is 1.97 bits per heavy atom. The van der Waals surface area contributed by atoms with E-state index in [4.69, 9.17) is 4.42 Å². The minimum absolute atomic E-state index is 0.249. The van der Waals surface area contributed by atoms with E-state index in [0.29, 0.717) is 35.0 Å². The molecule has 0 atom stereocenters. The lowest BCUT2D eigenvalue weighted by atomic mass is 10.0. The molecule has 0 bridgehead atoms. The number of benzene rings is 2. The van der Waals surface area contributed by atoms with Gasteiger partial charge in [0.05, 0.1) is 12.1 Å². The average Bonchev–Trinajstić information content (AvgIpc) is 3.28. The zero-order chi connectivity index (χ0) is 22.4. The highest BCUT2D eigenvalue weighted by Gasteiger charge is 2.22. The molecule has 0 saturated carbocycles. The van der Waals surface area contributed by atoms with E-state index in [1.807, 2.05) is 24.3 Å². The predicted octanol–water partition coefficient (Wildman–Crippen LogP) is 4.12. The molecule has 8 heteroatoms. The van der Waals surface area contributed by atoms with Gasteiger partial charge in [0.1, 0.15) is 23.0 Å². The first-order chi connectivity index (χ1) is 16.2. The molecule has 1 fully saturated rings. The number of anilines is 1. The molecule has 0 aliphatic carbocycles. The van der Waals surface area contributed by atoms with Crippen molar-refractivity contribution in [3.05, 3.63) is 76.8 Å². The molecule has 166 valence electrons. The van der Waals surface area contributed by atoms with Crippen LogP contribution in [-0.4, -0.2) is 34.1 Å². The van der Waals surface area contributed by atoms with Crippen molar-refractivity contribution in [3.63, 3.8) is 0 Å². The van der Waals surface area contributed by atoms with E-state index in [1.54, 1.807) is 24.4 Å². The zero-order valence-electron chi connectivity index (χ0n) is 17.8. The quantitative estimate of drug-likeness (QED) is 0.407. The van der Waals surface area contributed by atoms with Crippen LogP contribution in [0, 0.1) is 5.82 Å². The van der Waals surface area contributed by atoms with Crippen LogP contribution in [0.2, 0.25) is 0 Å². The van der Waals surface area contributed by atoms with Gasteiger partial charge in [-0.3, -0.25) is 0 Å². The van der Waals surface area contributed by atoms with Gasteiger partial charge >= 0.3 is 5.63 Å². The highest BCUT2D eigenvalue weighted by atomic mass is 19.1. The first-order valence-corrected chi connectivity index (χ1v) is 11.1. The van der Waals surface area contributed by atoms with Crippen molar-refractivity contribution in [1.82, 2.24) is 20.3 Å². The van der Waals surface area contributed by atoms with Crippen molar-refractivity contribution >= 4 is 38.6 Å². The summed E-state index contributed by atoms with van der Waals surface area (Å²) in [5.41, 5.74) is 1.16. The number of fused-ring (bicyclic) bond motifs is 4. The molecule has 0 amide bonds. The van der Waals surface area contributed by atoms with Gasteiger partial charge in [-0.05, 0) is 48.6 Å². The molecule has 7 nitrogen and oxygen atoms in total. The molecule has 1 saturated heterocycles. The fraction of sp³-hybridized carbons (Fsp3) is 0.240. The molecule has 5 aromatic rings. The minimum atomic E-state index is -0.432. The number of hydrogen-bond acceptors (Lipinski definition) is 6. The Labute approximate surface area is 188 Å². The maximum atomic E-state index is 13.8. The SMILES string of the molecule is O=c1oc2ccccc2c2[nH]c(CNC3CCN(c4nccc5ccc(F)cc45)CC3)nc12. The van der Waals surface area contributed by atoms with Gasteiger partial charge in [0, 0.05) is 36.1 Å². The molecule has 3 aromatic heterocycles. The molecule has 2 N–H and O–H groups in total. The lowest BCUT2D eigenvalue weighted by molar-refractivity contribution is 0.409. The fourth-order valence-electron chi connectivity index (χ4n) is 4.67. The molecule has 0 unspecified atom stereocenters. The number of pyridine rings is 1. The third kappa shape index (κ3) is 3.62. The highest BCUT2D eigenvalue weighted by molar-refractivity contribution is 6.00. The normalized spacial score (nSPS) is 15.1. The van der Waals surface area contributed by atoms with Crippen molar-refractivity contribution in [1.29, 1.82) is 0 Å². The second-order valence-corrected chi connectivity index (χ2v) is 8.44. The summed E-state index contributed by atoms with van der Waals surface area (Å²) in [6.45, 7) is 2.19. The molecule has 2 aromatic carbocycles. The molecule has 1 aliphatic rings. The summed E-state index contributed by atoms with van der Waals surface area (Å²) >= 11 is 0. The third-order valence-electron chi connectivity index (χ3n) is 6.37. The van der Waals surface area contributed by atoms with Crippen LogP contribution in [0.25, 0.3) is 32.8 Å². The predicted molar refractivity (Wildman–Crippen MR) is 126 cm³/mol. The number of rotatable bonds is 4. The van der Waals surface area contributed by atoms with Crippen molar-refractivity contribution < 1.29 is 8.81 Å². The van der Waals surface area contributed by atoms with Crippen LogP contribution in [0.3, 0.4) is 0 Å². The second-order valence-electron chi connectivity index (χ2n) is 8.44. The maximum absolute atomic E-state index is 13.8. The van der Waals surface area contributed by atoms with E-state index in [1.165, 1.54) is 6.07 Å². The third-order valence-corrected chi connectivity index (χ3v) is 6.37. The van der Waals surface area contributed by atoms with Gasteiger partial charge in [-0.25, -0.2) is 19.2 Å². The van der Waals surface area contributed by atoms with Crippen LogP contribution >= 0.6 is 0 Å². The van der Waals surface area contributed by atoms with E-state index in [-0.39, 0.29) is 5.82 Å². The van der Waals surface area contributed by atoms with Gasteiger partial charge in [-0.1, -0.05) is 18.2 Å². The Morgan fingerprint density at radius 1 is 1.12 bits per heavy atom. The Morgan fingerprint density at radius 3 is 2.85 bits per heavy atom. The number of aromatic nitrogens is 3. The van der Waals surface area contributed by atoms with E-state index < -0.39 is 5.63 Å². The Hall–Kier alpha value is -3.78. The van der Waals surface area contributed by atoms with Gasteiger partial charge < -0.3 is 19.6 Å². The molecule has 6 rings (SSSR count). The first-order valence-electron chi connectivity index (χ1n) is 11.1. The van der Waals surface area contributed by atoms with E-state index in [2.05, 4.69) is 25.2 Å². The summed E-state index contributed by atoms with van der Waals surface area (Å²) < 4.78 is 19.2. The highest BCUT2D eigenvalue weighted by Crippen LogP contribution is 2.27. The number of imidazole rings is 1. The number of piperidine rings is 1. The van der Waals surface area contributed by atoms with Crippen molar-refractivity contribution in [3.8, 4) is 0 Å². The summed E-state index contributed by atoms with van der Waals surface area (Å²) in [6.07, 6.45) is 3.64. The topological polar surface area (TPSA) is 87.0 Å². The van der Waals surface area contributed by atoms with Crippen LogP contribution < -0.4 is 15.8 Å². The molecule has 1 aliphatic heterocycles. The molecular weight excluding hydrogens is 421 g/mol. The summed E-state index contributed by atoms with van der Waals surface area (Å²) in [5.74, 6) is 1.30. The monoisotopic (exact) mass is 443 g/mol. The molecule has 0 spiro atoms. The average molecular weight is 443 g/mol. The molecule has 0 radical (unpaired) electrons. The lowest BCUT2D eigenvalue weighted by Gasteiger charge is -2.33. The number of hydrogen-bond donors (Lipinski definition) is 2. The summed E-state index contributed by atoms with van der Waals surface area (Å²) in [7, 11) is 0. The van der Waals surface area contributed by atoms with Crippen LogP contribution in [0.15, 0.2) is 63.9 Å². The number of nitrogens with one attached hydrogen (secondary N) is 2. The summed E-state index contributed by atoms with van der Waals surface area (Å²) in [5, 5.41) is 6.23. The van der Waals surface area contributed by atoms with E-state index in [9.17, 15) is 9.18 Å². The Balaban J connectivity index is 1.15. The number of para-hydroxylation sites is 1. The van der Waals surface area contributed by atoms with Gasteiger partial charge in [-0.2, -0.15) is 0 Å². The smallest absolute Gasteiger partial charge is 0.364 e. The number of aromatic amines is 1. The van der Waals surface area contributed by atoms with Crippen molar-refractivity contribution in [2.45, 2.75) is 25.4 Å². The number of H-pyrrole nitrogens is 1. The first kappa shape index (κ1) is 19.9. The second kappa shape index (κ2) is 7.97. The molecule has 33 heavy (non-hydrogen) atoms. The summed E-state index contributed by atoms with van der Waals surface area (Å²) in [6, 6.07) is 14.5. The fourth-order valence-corrected chi connectivity index (χ4v) is 4.67. The molecule has 4 heterocycles. The van der Waals surface area contributed by atoms with Gasteiger partial charge in [-0.15, -0.1) is 0 Å². The standard InChI is InChI=1S/C25H22FN5O2/c26-16-6-5-15-7-10-27-24(19(15)13-16)31-11-8-17(9-12-31)28-14-21-29-22-18-3-1-2-4-20(18)33-25(32)23(22)30-21/h1-7,10,13,17,28H,8-9,11-12,14H2,(H,29,30). The van der Waals surface area contributed by atoms with E-state index in [0.717, 1.165) is 47.9 Å². The Bertz CT molecular complexity index is 1540. The maximum Gasteiger partial charge on any atom is 0.364 e. The Kier molecular flexibility index (Phi) is 4.80. The van der Waals surface area contributed by atoms with Crippen LogP contribution in [0.5, 0.6) is 0 Å². The summed E-state index contributed by atoms with van der Waals surface area (Å²) in [4.78, 5) is 26.8.